The van der Waals surface area contributed by atoms with E-state index < -0.39 is 11.9 Å². The van der Waals surface area contributed by atoms with Gasteiger partial charge in [-0.25, -0.2) is 4.79 Å². The molecule has 3 aromatic carbocycles. The summed E-state index contributed by atoms with van der Waals surface area (Å²) >= 11 is 5.95. The fraction of sp³-hybridized carbons (Fsp3) is 0.214. The molecule has 1 aromatic heterocycles. The van der Waals surface area contributed by atoms with Gasteiger partial charge in [0.1, 0.15) is 11.5 Å². The molecule has 0 atom stereocenters. The van der Waals surface area contributed by atoms with E-state index in [1.54, 1.807) is 42.5 Å². The van der Waals surface area contributed by atoms with E-state index in [0.717, 1.165) is 43.3 Å². The van der Waals surface area contributed by atoms with Crippen molar-refractivity contribution in [1.29, 1.82) is 0 Å². The molecule has 184 valence electrons. The molecule has 0 amide bonds. The number of rotatable bonds is 7. The number of carboxylic acids is 2. The predicted octanol–water partition coefficient (Wildman–Crippen LogP) is 6.39. The number of anilines is 1. The Kier molecular flexibility index (Phi) is 6.57. The van der Waals surface area contributed by atoms with Crippen molar-refractivity contribution in [3.8, 4) is 17.2 Å². The number of hydrogen-bond donors (Lipinski definition) is 2. The number of aliphatic carboxylic acids is 1. The molecule has 1 saturated heterocycles. The Morgan fingerprint density at radius 1 is 0.861 bits per heavy atom. The van der Waals surface area contributed by atoms with Crippen LogP contribution in [0.5, 0.6) is 11.5 Å². The number of aromatic carboxylic acids is 1. The van der Waals surface area contributed by atoms with Crippen LogP contribution in [-0.4, -0.2) is 39.8 Å². The molecule has 0 unspecified atom stereocenters. The van der Waals surface area contributed by atoms with Gasteiger partial charge in [-0.15, -0.1) is 0 Å². The molecule has 36 heavy (non-hydrogen) atoms. The van der Waals surface area contributed by atoms with Gasteiger partial charge in [0.15, 0.2) is 0 Å². The maximum absolute atomic E-state index is 12.2. The third-order valence-electron chi connectivity index (χ3n) is 6.40. The van der Waals surface area contributed by atoms with E-state index in [4.69, 9.17) is 16.3 Å². The van der Waals surface area contributed by atoms with Crippen LogP contribution in [0.3, 0.4) is 0 Å². The lowest BCUT2D eigenvalue weighted by Gasteiger charge is -2.30. The summed E-state index contributed by atoms with van der Waals surface area (Å²) < 4.78 is 7.75. The van der Waals surface area contributed by atoms with Crippen molar-refractivity contribution in [3.05, 3.63) is 83.0 Å². The molecule has 0 bridgehead atoms. The number of aromatic nitrogens is 1. The van der Waals surface area contributed by atoms with Crippen molar-refractivity contribution in [2.45, 2.75) is 25.7 Å². The fourth-order valence-corrected chi connectivity index (χ4v) is 4.91. The van der Waals surface area contributed by atoms with Gasteiger partial charge in [0, 0.05) is 34.9 Å². The highest BCUT2D eigenvalue weighted by atomic mass is 35.5. The highest BCUT2D eigenvalue weighted by molar-refractivity contribution is 6.30. The lowest BCUT2D eigenvalue weighted by molar-refractivity contribution is -0.136. The average molecular weight is 505 g/mol. The Hall–Kier alpha value is -3.97. The summed E-state index contributed by atoms with van der Waals surface area (Å²) in [6.07, 6.45) is 3.01. The van der Waals surface area contributed by atoms with E-state index >= 15 is 0 Å². The summed E-state index contributed by atoms with van der Waals surface area (Å²) in [6.45, 7) is 1.65. The zero-order chi connectivity index (χ0) is 25.2. The van der Waals surface area contributed by atoms with Crippen LogP contribution in [-0.2, 0) is 11.2 Å². The number of halogens is 1. The first-order chi connectivity index (χ1) is 17.4. The zero-order valence-electron chi connectivity index (χ0n) is 19.5. The lowest BCUT2D eigenvalue weighted by atomic mass is 10.1. The minimum absolute atomic E-state index is 0.209. The highest BCUT2D eigenvalue weighted by Gasteiger charge is 2.21. The molecule has 5 rings (SSSR count). The van der Waals surface area contributed by atoms with Gasteiger partial charge in [0.25, 0.3) is 0 Å². The van der Waals surface area contributed by atoms with Crippen LogP contribution >= 0.6 is 11.6 Å². The topological polar surface area (TPSA) is 92.0 Å². The van der Waals surface area contributed by atoms with Crippen molar-refractivity contribution in [1.82, 2.24) is 4.57 Å². The van der Waals surface area contributed by atoms with Crippen LogP contribution in [0.25, 0.3) is 16.6 Å². The average Bonchev–Trinajstić information content (AvgIpc) is 3.22. The smallest absolute Gasteiger partial charge is 0.337 e. The first-order valence-corrected chi connectivity index (χ1v) is 12.2. The number of benzene rings is 3. The fourth-order valence-electron chi connectivity index (χ4n) is 4.79. The number of ether oxygens (including phenoxy) is 1. The van der Waals surface area contributed by atoms with Gasteiger partial charge < -0.3 is 24.4 Å². The summed E-state index contributed by atoms with van der Waals surface area (Å²) in [7, 11) is 0. The van der Waals surface area contributed by atoms with Gasteiger partial charge in [0.05, 0.1) is 23.2 Å². The second-order valence-electron chi connectivity index (χ2n) is 8.87. The monoisotopic (exact) mass is 504 g/mol. The third-order valence-corrected chi connectivity index (χ3v) is 6.65. The Labute approximate surface area is 213 Å². The molecule has 0 spiro atoms. The SMILES string of the molecule is O=C(O)Cc1cc2cc(Oc3ccc(Cl)cc3)ccc2n1-c1ccc(N2CCCCC2)c(C(=O)O)c1. The van der Waals surface area contributed by atoms with Gasteiger partial charge >= 0.3 is 11.9 Å². The van der Waals surface area contributed by atoms with E-state index in [2.05, 4.69) is 4.90 Å². The molecule has 7 nitrogen and oxygen atoms in total. The van der Waals surface area contributed by atoms with Crippen molar-refractivity contribution in [3.63, 3.8) is 0 Å². The van der Waals surface area contributed by atoms with Crippen LogP contribution in [0.4, 0.5) is 5.69 Å². The van der Waals surface area contributed by atoms with E-state index in [0.29, 0.717) is 33.6 Å². The third kappa shape index (κ3) is 4.88. The van der Waals surface area contributed by atoms with Crippen LogP contribution in [0, 0.1) is 0 Å². The second-order valence-corrected chi connectivity index (χ2v) is 9.31. The van der Waals surface area contributed by atoms with E-state index in [9.17, 15) is 19.8 Å². The van der Waals surface area contributed by atoms with E-state index in [1.165, 1.54) is 0 Å². The van der Waals surface area contributed by atoms with Crippen molar-refractivity contribution >= 4 is 40.1 Å². The first-order valence-electron chi connectivity index (χ1n) is 11.8. The minimum atomic E-state index is -1.01. The summed E-state index contributed by atoms with van der Waals surface area (Å²) in [5.74, 6) is -0.758. The highest BCUT2D eigenvalue weighted by Crippen LogP contribution is 2.33. The number of hydrogen-bond acceptors (Lipinski definition) is 4. The largest absolute Gasteiger partial charge is 0.481 e. The maximum Gasteiger partial charge on any atom is 0.337 e. The molecule has 2 heterocycles. The number of carbonyl (C=O) groups is 2. The van der Waals surface area contributed by atoms with E-state index in [1.807, 2.05) is 28.8 Å². The van der Waals surface area contributed by atoms with Gasteiger partial charge in [0.2, 0.25) is 0 Å². The van der Waals surface area contributed by atoms with Crippen LogP contribution in [0.15, 0.2) is 66.7 Å². The van der Waals surface area contributed by atoms with Gasteiger partial charge in [-0.1, -0.05) is 11.6 Å². The van der Waals surface area contributed by atoms with Crippen molar-refractivity contribution in [2.24, 2.45) is 0 Å². The summed E-state index contributed by atoms with van der Waals surface area (Å²) in [4.78, 5) is 26.0. The number of fused-ring (bicyclic) bond motifs is 1. The summed E-state index contributed by atoms with van der Waals surface area (Å²) in [6, 6.07) is 19.6. The Bertz CT molecular complexity index is 1440. The molecule has 0 aliphatic carbocycles. The van der Waals surface area contributed by atoms with Gasteiger partial charge in [-0.05, 0) is 86.0 Å². The van der Waals surface area contributed by atoms with Crippen LogP contribution in [0.2, 0.25) is 5.02 Å². The Balaban J connectivity index is 1.57. The van der Waals surface area contributed by atoms with Crippen LogP contribution < -0.4 is 9.64 Å². The van der Waals surface area contributed by atoms with Crippen molar-refractivity contribution < 1.29 is 24.5 Å². The normalized spacial score (nSPS) is 13.6. The molecule has 2 N–H and O–H groups in total. The number of carboxylic acid groups (broad SMARTS) is 2. The molecule has 1 aliphatic rings. The molecule has 1 aliphatic heterocycles. The maximum atomic E-state index is 12.2. The number of nitrogens with zero attached hydrogens (tertiary/aromatic N) is 2. The zero-order valence-corrected chi connectivity index (χ0v) is 20.2. The molecular weight excluding hydrogens is 480 g/mol. The van der Waals surface area contributed by atoms with E-state index in [-0.39, 0.29) is 12.0 Å². The predicted molar refractivity (Wildman–Crippen MR) is 139 cm³/mol. The molecule has 0 radical (unpaired) electrons. The summed E-state index contributed by atoms with van der Waals surface area (Å²) in [5, 5.41) is 20.9. The lowest BCUT2D eigenvalue weighted by Crippen LogP contribution is -2.30. The molecule has 1 fully saturated rings. The number of piperidine rings is 1. The Morgan fingerprint density at radius 3 is 2.28 bits per heavy atom. The molecule has 8 heteroatoms. The standard InChI is InChI=1S/C28H25ClN2O5/c29-19-4-7-22(8-5-19)36-23-9-11-25-18(15-23)14-21(17-27(32)33)31(25)20-6-10-26(24(16-20)28(34)35)30-12-2-1-3-13-30/h4-11,14-16H,1-3,12-13,17H2,(H,32,33)(H,34,35). The van der Waals surface area contributed by atoms with Gasteiger partial charge in [-0.2, -0.15) is 0 Å². The quantitative estimate of drug-likeness (QED) is 0.303. The van der Waals surface area contributed by atoms with Gasteiger partial charge in [-0.3, -0.25) is 4.79 Å². The first kappa shape index (κ1) is 23.8. The van der Waals surface area contributed by atoms with Crippen molar-refractivity contribution in [2.75, 3.05) is 18.0 Å². The molecular formula is C28H25ClN2O5. The second kappa shape index (κ2) is 9.95. The minimum Gasteiger partial charge on any atom is -0.481 e. The summed E-state index contributed by atoms with van der Waals surface area (Å²) in [5.41, 5.74) is 2.81. The Morgan fingerprint density at radius 2 is 1.58 bits per heavy atom. The molecule has 0 saturated carbocycles. The van der Waals surface area contributed by atoms with Crippen LogP contribution in [0.1, 0.15) is 35.3 Å². The molecule has 4 aromatic rings.